The first-order chi connectivity index (χ1) is 15.5. The van der Waals surface area contributed by atoms with Gasteiger partial charge >= 0.3 is 24.0 Å². The number of nitrogens with zero attached hydrogens (tertiary/aromatic N) is 1. The molecule has 0 radical (unpaired) electrons. The molecule has 0 spiro atoms. The molecule has 3 rings (SSSR count). The number of thioether (sulfide) groups is 1. The third-order valence-corrected chi connectivity index (χ3v) is 6.84. The summed E-state index contributed by atoms with van der Waals surface area (Å²) in [7, 11) is 0. The van der Waals surface area contributed by atoms with E-state index in [1.165, 1.54) is 0 Å². The van der Waals surface area contributed by atoms with E-state index in [0.29, 0.717) is 5.56 Å². The zero-order chi connectivity index (χ0) is 24.3. The van der Waals surface area contributed by atoms with Gasteiger partial charge in [0.25, 0.3) is 0 Å². The summed E-state index contributed by atoms with van der Waals surface area (Å²) in [6.07, 6.45) is 0. The third-order valence-electron chi connectivity index (χ3n) is 5.34. The van der Waals surface area contributed by atoms with E-state index < -0.39 is 58.2 Å². The zero-order valence-corrected chi connectivity index (χ0v) is 18.7. The Labute approximate surface area is 193 Å². The highest BCUT2D eigenvalue weighted by Crippen LogP contribution is 2.39. The van der Waals surface area contributed by atoms with E-state index in [2.05, 4.69) is 21.3 Å². The van der Waals surface area contributed by atoms with Crippen molar-refractivity contribution in [3.63, 3.8) is 0 Å². The summed E-state index contributed by atoms with van der Waals surface area (Å²) >= 11 is 1.09. The number of carboxylic acids is 2. The molecule has 13 heteroatoms. The summed E-state index contributed by atoms with van der Waals surface area (Å²) in [6.45, 7) is 3.73. The normalized spacial score (nSPS) is 23.3. The lowest BCUT2D eigenvalue weighted by Crippen LogP contribution is -2.56. The maximum atomic E-state index is 13.2. The molecule has 1 aromatic carbocycles. The molecule has 33 heavy (non-hydrogen) atoms. The molecule has 0 unspecified atom stereocenters. The van der Waals surface area contributed by atoms with E-state index in [4.69, 9.17) is 0 Å². The van der Waals surface area contributed by atoms with Gasteiger partial charge in [-0.15, -0.1) is 11.8 Å². The maximum Gasteiger partial charge on any atom is 0.328 e. The molecule has 5 amide bonds. The van der Waals surface area contributed by atoms with Crippen LogP contribution in [-0.4, -0.2) is 80.3 Å². The van der Waals surface area contributed by atoms with Crippen LogP contribution in [0.2, 0.25) is 0 Å². The monoisotopic (exact) mass is 479 g/mol. The van der Waals surface area contributed by atoms with E-state index in [1.807, 2.05) is 0 Å². The number of hydrogen-bond donors (Lipinski definition) is 6. The van der Waals surface area contributed by atoms with Crippen molar-refractivity contribution >= 4 is 41.7 Å². The van der Waals surface area contributed by atoms with Crippen LogP contribution >= 0.6 is 11.8 Å². The number of benzene rings is 1. The van der Waals surface area contributed by atoms with Gasteiger partial charge in [-0.2, -0.15) is 0 Å². The van der Waals surface area contributed by atoms with E-state index in [-0.39, 0.29) is 13.1 Å². The quantitative estimate of drug-likeness (QED) is 0.312. The van der Waals surface area contributed by atoms with Gasteiger partial charge in [0.1, 0.15) is 12.1 Å². The highest BCUT2D eigenvalue weighted by atomic mass is 32.2. The van der Waals surface area contributed by atoms with Crippen molar-refractivity contribution in [1.82, 2.24) is 26.2 Å². The van der Waals surface area contributed by atoms with Crippen molar-refractivity contribution in [1.29, 1.82) is 0 Å². The number of hydrogen-bond acceptors (Lipinski definition) is 7. The molecule has 2 aliphatic heterocycles. The second-order valence-electron chi connectivity index (χ2n) is 8.08. The number of amides is 5. The number of imide groups is 1. The third kappa shape index (κ3) is 5.37. The van der Waals surface area contributed by atoms with Gasteiger partial charge in [-0.1, -0.05) is 30.3 Å². The first-order valence-electron chi connectivity index (χ1n) is 10.1. The van der Waals surface area contributed by atoms with Gasteiger partial charge in [0.2, 0.25) is 5.91 Å². The van der Waals surface area contributed by atoms with Crippen LogP contribution in [0.25, 0.3) is 0 Å². The van der Waals surface area contributed by atoms with Crippen LogP contribution in [0, 0.1) is 0 Å². The Morgan fingerprint density at radius 2 is 1.82 bits per heavy atom. The number of carboxylic acid groups (broad SMARTS) is 2. The zero-order valence-electron chi connectivity index (χ0n) is 17.9. The Bertz CT molecular complexity index is 957. The van der Waals surface area contributed by atoms with Crippen molar-refractivity contribution in [2.24, 2.45) is 0 Å². The van der Waals surface area contributed by atoms with E-state index in [9.17, 15) is 34.2 Å². The fourth-order valence-corrected chi connectivity index (χ4v) is 5.13. The summed E-state index contributed by atoms with van der Waals surface area (Å²) in [5.74, 6) is -3.32. The van der Waals surface area contributed by atoms with E-state index >= 15 is 0 Å². The van der Waals surface area contributed by atoms with Crippen LogP contribution in [0.5, 0.6) is 0 Å². The number of carbonyl (C=O) groups is 5. The minimum atomic E-state index is -1.48. The second-order valence-corrected chi connectivity index (χ2v) is 9.88. The van der Waals surface area contributed by atoms with Crippen LogP contribution in [0.4, 0.5) is 9.59 Å². The summed E-state index contributed by atoms with van der Waals surface area (Å²) in [4.78, 5) is 62.0. The van der Waals surface area contributed by atoms with Gasteiger partial charge in [-0.25, -0.2) is 19.3 Å². The Morgan fingerprint density at radius 3 is 2.33 bits per heavy atom. The van der Waals surface area contributed by atoms with Gasteiger partial charge in [-0.3, -0.25) is 14.9 Å². The molecule has 0 saturated carbocycles. The second kappa shape index (κ2) is 9.67. The molecule has 4 atom stereocenters. The first-order valence-corrected chi connectivity index (χ1v) is 11.0. The number of carbonyl (C=O) groups excluding carboxylic acids is 3. The lowest BCUT2D eigenvalue weighted by Gasteiger charge is -2.26. The Hall–Kier alpha value is -3.32. The lowest BCUT2D eigenvalue weighted by atomic mass is 10.0. The maximum absolute atomic E-state index is 13.2. The Morgan fingerprint density at radius 1 is 1.15 bits per heavy atom. The van der Waals surface area contributed by atoms with Crippen molar-refractivity contribution < 1.29 is 34.2 Å². The van der Waals surface area contributed by atoms with E-state index in [0.717, 1.165) is 16.7 Å². The molecule has 0 bridgehead atoms. The molecule has 0 aromatic heterocycles. The van der Waals surface area contributed by atoms with Crippen molar-refractivity contribution in [3.05, 3.63) is 35.9 Å². The Balaban J connectivity index is 1.81. The summed E-state index contributed by atoms with van der Waals surface area (Å²) in [5, 5.41) is 28.4. The standard InChI is InChI=1S/C20H25N5O7S/c1-20(2)13(17(29)30)24-15(33-20)12(16(27)28)22-14(26)11(10-6-4-3-5-7-10)23-19(32)25-9-8-21-18(25)31/h3-7,11-13,15,24H,8-9H2,1-2H3,(H,21,31)(H,22,26)(H,23,32)(H,27,28)(H,29,30)/t11-,12+,13+,15-/m1/s1. The average molecular weight is 480 g/mol. The predicted molar refractivity (Wildman–Crippen MR) is 117 cm³/mol. The average Bonchev–Trinajstić information content (AvgIpc) is 3.32. The van der Waals surface area contributed by atoms with Crippen molar-refractivity contribution in [2.45, 2.75) is 42.1 Å². The molecule has 1 aromatic rings. The topological polar surface area (TPSA) is 177 Å². The minimum absolute atomic E-state index is 0.125. The SMILES string of the molecule is CC1(C)S[C@H]([C@H](NC(=O)[C@H](NC(=O)N2CCNC2=O)c2ccccc2)C(=O)O)N[C@H]1C(=O)O. The summed E-state index contributed by atoms with van der Waals surface area (Å²) < 4.78 is -0.828. The Kier molecular flexibility index (Phi) is 7.12. The number of nitrogens with one attached hydrogen (secondary N) is 4. The fraction of sp³-hybridized carbons (Fsp3) is 0.450. The molecule has 2 saturated heterocycles. The number of aliphatic carboxylic acids is 2. The highest BCUT2D eigenvalue weighted by Gasteiger charge is 2.49. The summed E-state index contributed by atoms with van der Waals surface area (Å²) in [5.41, 5.74) is 0.378. The van der Waals surface area contributed by atoms with Crippen LogP contribution in [0.15, 0.2) is 30.3 Å². The van der Waals surface area contributed by atoms with Gasteiger partial charge in [-0.05, 0) is 19.4 Å². The highest BCUT2D eigenvalue weighted by molar-refractivity contribution is 8.01. The molecule has 178 valence electrons. The molecular formula is C20H25N5O7S. The van der Waals surface area contributed by atoms with Crippen LogP contribution < -0.4 is 21.3 Å². The molecular weight excluding hydrogens is 454 g/mol. The lowest BCUT2D eigenvalue weighted by molar-refractivity contribution is -0.143. The largest absolute Gasteiger partial charge is 0.480 e. The number of urea groups is 2. The predicted octanol–water partition coefficient (Wildman–Crippen LogP) is -0.0738. The van der Waals surface area contributed by atoms with Crippen LogP contribution in [0.3, 0.4) is 0 Å². The molecule has 12 nitrogen and oxygen atoms in total. The smallest absolute Gasteiger partial charge is 0.328 e. The van der Waals surface area contributed by atoms with Gasteiger partial charge in [0.15, 0.2) is 6.04 Å². The molecule has 0 aliphatic carbocycles. The summed E-state index contributed by atoms with van der Waals surface area (Å²) in [6, 6.07) is 2.96. The van der Waals surface area contributed by atoms with Crippen molar-refractivity contribution in [2.75, 3.05) is 13.1 Å². The molecule has 2 aliphatic rings. The van der Waals surface area contributed by atoms with E-state index in [1.54, 1.807) is 44.2 Å². The fourth-order valence-electron chi connectivity index (χ4n) is 3.64. The number of rotatable bonds is 7. The molecule has 2 fully saturated rings. The molecule has 2 heterocycles. The minimum Gasteiger partial charge on any atom is -0.480 e. The van der Waals surface area contributed by atoms with Crippen LogP contribution in [-0.2, 0) is 14.4 Å². The van der Waals surface area contributed by atoms with Crippen LogP contribution in [0.1, 0.15) is 25.5 Å². The van der Waals surface area contributed by atoms with Gasteiger partial charge < -0.3 is 26.2 Å². The van der Waals surface area contributed by atoms with Gasteiger partial charge in [0, 0.05) is 17.8 Å². The molecule has 6 N–H and O–H groups in total. The first kappa shape index (κ1) is 24.3. The van der Waals surface area contributed by atoms with Gasteiger partial charge in [0.05, 0.1) is 5.37 Å². The van der Waals surface area contributed by atoms with Crippen molar-refractivity contribution in [3.8, 4) is 0 Å².